The Hall–Kier alpha value is -2.53. The molecule has 0 bridgehead atoms. The topological polar surface area (TPSA) is 185 Å². The molecular weight excluding hydrogens is 412 g/mol. The summed E-state index contributed by atoms with van der Waals surface area (Å²) in [4.78, 5) is 28.8. The molecule has 182 valence electrons. The van der Waals surface area contributed by atoms with E-state index in [-0.39, 0.29) is 36.5 Å². The van der Waals surface area contributed by atoms with Gasteiger partial charge in [-0.25, -0.2) is 14.4 Å². The van der Waals surface area contributed by atoms with Gasteiger partial charge in [-0.3, -0.25) is 0 Å². The smallest absolute Gasteiger partial charge is 0.330 e. The number of carboxylic acid groups (broad SMARTS) is 3. The van der Waals surface area contributed by atoms with Crippen molar-refractivity contribution in [2.75, 3.05) is 26.4 Å². The van der Waals surface area contributed by atoms with Gasteiger partial charge in [0.05, 0.1) is 32.5 Å². The predicted molar refractivity (Wildman–Crippen MR) is 117 cm³/mol. The molecule has 0 aromatic heterocycles. The second kappa shape index (κ2) is 20.7. The van der Waals surface area contributed by atoms with Gasteiger partial charge in [-0.05, 0) is 34.1 Å². The molecule has 1 aliphatic rings. The lowest BCUT2D eigenvalue weighted by atomic mass is 9.88. The largest absolute Gasteiger partial charge is 0.478 e. The molecule has 1 atom stereocenters. The highest BCUT2D eigenvalue weighted by Crippen LogP contribution is 2.18. The molecule has 6 N–H and O–H groups in total. The lowest BCUT2D eigenvalue weighted by Crippen LogP contribution is -2.32. The third-order valence-electron chi connectivity index (χ3n) is 3.35. The number of carbonyl (C=O) groups is 3. The summed E-state index contributed by atoms with van der Waals surface area (Å²) in [6.07, 6.45) is 1.18. The molecule has 1 rings (SSSR count). The summed E-state index contributed by atoms with van der Waals surface area (Å²) < 4.78 is 4.71. The summed E-state index contributed by atoms with van der Waals surface area (Å²) in [7, 11) is 0. The van der Waals surface area contributed by atoms with E-state index in [9.17, 15) is 14.4 Å². The normalized spacial score (nSPS) is 13.0. The number of hydrogen-bond donors (Lipinski definition) is 6. The van der Waals surface area contributed by atoms with Crippen LogP contribution in [0.15, 0.2) is 36.5 Å². The molecule has 0 aromatic carbocycles. The Morgan fingerprint density at radius 2 is 0.968 bits per heavy atom. The second-order valence-corrected chi connectivity index (χ2v) is 6.73. The number of ether oxygens (including phenoxy) is 1. The molecule has 0 radical (unpaired) electrons. The fourth-order valence-corrected chi connectivity index (χ4v) is 0.582. The second-order valence-electron chi connectivity index (χ2n) is 6.73. The Bertz CT molecular complexity index is 462. The number of aliphatic carboxylic acids is 3. The zero-order valence-electron chi connectivity index (χ0n) is 19.1. The van der Waals surface area contributed by atoms with E-state index in [0.717, 1.165) is 6.61 Å². The highest BCUT2D eigenvalue weighted by atomic mass is 16.6. The van der Waals surface area contributed by atoms with Crippen LogP contribution in [0, 0.1) is 5.41 Å². The van der Waals surface area contributed by atoms with E-state index in [4.69, 9.17) is 35.4 Å². The number of hydrogen-bond acceptors (Lipinski definition) is 7. The fraction of sp³-hybridized carbons (Fsp3) is 0.571. The van der Waals surface area contributed by atoms with Gasteiger partial charge in [0.2, 0.25) is 0 Å². The molecule has 0 spiro atoms. The van der Waals surface area contributed by atoms with Gasteiger partial charge in [-0.2, -0.15) is 0 Å². The Balaban J connectivity index is -0.000000150. The SMILES string of the molecule is C=C(C)C(=O)O.C=C(C)C(=O)O.C=C(C)C(=O)O.CC1CO1.CCC(CO)(CO)CO. The van der Waals surface area contributed by atoms with Gasteiger partial charge in [0.1, 0.15) is 0 Å². The molecule has 0 aliphatic carbocycles. The number of aliphatic hydroxyl groups excluding tert-OH is 3. The fourth-order valence-electron chi connectivity index (χ4n) is 0.582. The van der Waals surface area contributed by atoms with Crippen LogP contribution in [0.25, 0.3) is 0 Å². The van der Waals surface area contributed by atoms with E-state index in [1.165, 1.54) is 20.8 Å². The molecule has 1 heterocycles. The molecule has 0 amide bonds. The quantitative estimate of drug-likeness (QED) is 0.246. The van der Waals surface area contributed by atoms with Crippen molar-refractivity contribution < 1.29 is 49.8 Å². The van der Waals surface area contributed by atoms with E-state index in [0.29, 0.717) is 12.5 Å². The van der Waals surface area contributed by atoms with E-state index in [1.807, 2.05) is 6.92 Å². The number of rotatable bonds is 7. The Morgan fingerprint density at radius 3 is 0.968 bits per heavy atom. The van der Waals surface area contributed by atoms with Crippen molar-refractivity contribution in [2.45, 2.75) is 47.1 Å². The summed E-state index contributed by atoms with van der Waals surface area (Å²) in [6, 6.07) is 0. The summed E-state index contributed by atoms with van der Waals surface area (Å²) in [6.45, 7) is 18.2. The Kier molecular flexibility index (Phi) is 24.0. The first-order valence-electron chi connectivity index (χ1n) is 9.17. The average molecular weight is 451 g/mol. The highest BCUT2D eigenvalue weighted by Gasteiger charge is 2.24. The molecule has 10 heteroatoms. The standard InChI is InChI=1S/C6H14O3.3C4H6O2.C3H6O/c1-2-6(3-7,4-8)5-9;3*1-3(2)4(5)6;1-3-2-4-3/h7-9H,2-5H2,1H3;3*1H2,2H3,(H,5,6);3H,2H2,1H3. The van der Waals surface area contributed by atoms with Gasteiger partial charge >= 0.3 is 17.9 Å². The van der Waals surface area contributed by atoms with E-state index in [2.05, 4.69) is 26.7 Å². The van der Waals surface area contributed by atoms with Crippen LogP contribution >= 0.6 is 0 Å². The van der Waals surface area contributed by atoms with E-state index in [1.54, 1.807) is 0 Å². The molecule has 1 aliphatic heterocycles. The summed E-state index contributed by atoms with van der Waals surface area (Å²) in [5, 5.41) is 49.6. The lowest BCUT2D eigenvalue weighted by Gasteiger charge is -2.24. The summed E-state index contributed by atoms with van der Waals surface area (Å²) in [5.41, 5.74) is -0.139. The first kappa shape index (κ1) is 35.9. The molecular formula is C21H38O10. The average Bonchev–Trinajstić information content (AvgIpc) is 3.48. The minimum absolute atomic E-state index is 0.156. The maximum absolute atomic E-state index is 9.60. The lowest BCUT2D eigenvalue weighted by molar-refractivity contribution is -0.133. The Labute approximate surface area is 183 Å². The third-order valence-corrected chi connectivity index (χ3v) is 3.35. The molecule has 1 saturated heterocycles. The molecule has 1 fully saturated rings. The number of carboxylic acids is 3. The maximum Gasteiger partial charge on any atom is 0.330 e. The van der Waals surface area contributed by atoms with Crippen LogP contribution in [0.2, 0.25) is 0 Å². The van der Waals surface area contributed by atoms with Gasteiger partial charge in [-0.1, -0.05) is 26.7 Å². The first-order valence-corrected chi connectivity index (χ1v) is 9.17. The third kappa shape index (κ3) is 29.8. The van der Waals surface area contributed by atoms with Crippen LogP contribution in [-0.2, 0) is 19.1 Å². The Morgan fingerprint density at radius 1 is 0.806 bits per heavy atom. The van der Waals surface area contributed by atoms with Gasteiger partial charge in [0.25, 0.3) is 0 Å². The van der Waals surface area contributed by atoms with Crippen molar-refractivity contribution in [3.63, 3.8) is 0 Å². The molecule has 0 aromatic rings. The van der Waals surface area contributed by atoms with Crippen molar-refractivity contribution >= 4 is 17.9 Å². The minimum Gasteiger partial charge on any atom is -0.478 e. The molecule has 1 unspecified atom stereocenters. The van der Waals surface area contributed by atoms with Gasteiger partial charge in [0.15, 0.2) is 0 Å². The van der Waals surface area contributed by atoms with E-state index >= 15 is 0 Å². The van der Waals surface area contributed by atoms with E-state index < -0.39 is 23.3 Å². The van der Waals surface area contributed by atoms with Gasteiger partial charge in [0, 0.05) is 22.1 Å². The molecule has 0 saturated carbocycles. The molecule has 31 heavy (non-hydrogen) atoms. The van der Waals surface area contributed by atoms with Crippen molar-refractivity contribution in [1.82, 2.24) is 0 Å². The van der Waals surface area contributed by atoms with Crippen molar-refractivity contribution in [2.24, 2.45) is 5.41 Å². The minimum atomic E-state index is -0.935. The van der Waals surface area contributed by atoms with Gasteiger partial charge < -0.3 is 35.4 Å². The van der Waals surface area contributed by atoms with Crippen molar-refractivity contribution in [3.05, 3.63) is 36.5 Å². The monoisotopic (exact) mass is 450 g/mol. The predicted octanol–water partition coefficient (Wildman–Crippen LogP) is 1.71. The van der Waals surface area contributed by atoms with Crippen LogP contribution in [0.1, 0.15) is 41.0 Å². The van der Waals surface area contributed by atoms with Crippen LogP contribution < -0.4 is 0 Å². The van der Waals surface area contributed by atoms with Crippen LogP contribution in [0.5, 0.6) is 0 Å². The number of epoxide rings is 1. The first-order chi connectivity index (χ1) is 14.1. The van der Waals surface area contributed by atoms with Crippen LogP contribution in [-0.4, -0.2) is 81.1 Å². The van der Waals surface area contributed by atoms with Crippen LogP contribution in [0.4, 0.5) is 0 Å². The zero-order chi connectivity index (χ0) is 25.8. The van der Waals surface area contributed by atoms with Crippen molar-refractivity contribution in [1.29, 1.82) is 0 Å². The number of aliphatic hydroxyl groups is 3. The summed E-state index contributed by atoms with van der Waals surface area (Å²) >= 11 is 0. The highest BCUT2D eigenvalue weighted by molar-refractivity contribution is 5.85. The van der Waals surface area contributed by atoms with Crippen molar-refractivity contribution in [3.8, 4) is 0 Å². The zero-order valence-corrected chi connectivity index (χ0v) is 19.1. The maximum atomic E-state index is 9.60. The van der Waals surface area contributed by atoms with Gasteiger partial charge in [-0.15, -0.1) is 0 Å². The summed E-state index contributed by atoms with van der Waals surface area (Å²) in [5.74, 6) is -2.81. The van der Waals surface area contributed by atoms with Crippen LogP contribution in [0.3, 0.4) is 0 Å². The molecule has 10 nitrogen and oxygen atoms in total.